The lowest BCUT2D eigenvalue weighted by Gasteiger charge is -2.21. The summed E-state index contributed by atoms with van der Waals surface area (Å²) in [5, 5.41) is 5.54. The fourth-order valence-electron chi connectivity index (χ4n) is 5.14. The molecule has 284 valence electrons. The van der Waals surface area contributed by atoms with Gasteiger partial charge in [-0.25, -0.2) is 9.59 Å². The van der Waals surface area contributed by atoms with Crippen LogP contribution >= 0.6 is 0 Å². The summed E-state index contributed by atoms with van der Waals surface area (Å²) >= 11 is 0. The predicted octanol–water partition coefficient (Wildman–Crippen LogP) is 4.72. The van der Waals surface area contributed by atoms with Crippen molar-refractivity contribution in [1.82, 2.24) is 10.6 Å². The second-order valence-electron chi connectivity index (χ2n) is 12.5. The molecule has 2 atom stereocenters. The summed E-state index contributed by atoms with van der Waals surface area (Å²) in [5.74, 6) is -3.44. The molecule has 0 fully saturated rings. The minimum absolute atomic E-state index is 0.0427. The molecule has 0 aromatic heterocycles. The number of nitrogens with one attached hydrogen (secondary N) is 2. The van der Waals surface area contributed by atoms with Gasteiger partial charge in [-0.1, -0.05) is 123 Å². The number of ether oxygens (including phenoxy) is 4. The van der Waals surface area contributed by atoms with Gasteiger partial charge in [0.15, 0.2) is 0 Å². The Morgan fingerprint density at radius 3 is 1.61 bits per heavy atom. The molecule has 0 saturated carbocycles. The van der Waals surface area contributed by atoms with Crippen molar-refractivity contribution in [3.63, 3.8) is 0 Å². The van der Waals surface area contributed by atoms with Crippen LogP contribution in [0, 0.1) is 0 Å². The van der Waals surface area contributed by atoms with Crippen molar-refractivity contribution in [3.8, 4) is 5.75 Å². The summed E-state index contributed by atoms with van der Waals surface area (Å²) in [6.45, 7) is 2.37. The number of carbonyl (C=O) groups is 5. The molecule has 0 aliphatic heterocycles. The van der Waals surface area contributed by atoms with E-state index < -0.39 is 47.9 Å². The van der Waals surface area contributed by atoms with Crippen molar-refractivity contribution < 1.29 is 42.9 Å². The van der Waals surface area contributed by atoms with Crippen molar-refractivity contribution in [2.75, 3.05) is 6.54 Å². The Morgan fingerprint density at radius 1 is 0.611 bits per heavy atom. The first kappa shape index (κ1) is 40.8. The van der Waals surface area contributed by atoms with Gasteiger partial charge >= 0.3 is 17.9 Å². The molecule has 4 aromatic rings. The van der Waals surface area contributed by atoms with Gasteiger partial charge in [-0.2, -0.15) is 0 Å². The maximum absolute atomic E-state index is 13.3. The molecule has 0 heterocycles. The number of rotatable bonds is 21. The minimum atomic E-state index is -1.72. The quantitative estimate of drug-likeness (QED) is 0.0471. The van der Waals surface area contributed by atoms with Gasteiger partial charge in [0.1, 0.15) is 31.6 Å². The molecule has 0 unspecified atom stereocenters. The van der Waals surface area contributed by atoms with Gasteiger partial charge in [-0.15, -0.1) is 0 Å². The van der Waals surface area contributed by atoms with E-state index in [9.17, 15) is 24.0 Å². The Balaban J connectivity index is 1.40. The highest BCUT2D eigenvalue weighted by Crippen LogP contribution is 2.18. The molecule has 0 saturated heterocycles. The largest absolute Gasteiger partial charge is 0.467 e. The smallest absolute Gasteiger partial charge is 0.359 e. The SMILES string of the molecule is CCCCCNC(=O)[C@H](Cc1ccc(OC(C(=O)OCc2ccccc2)C(=O)OCc2ccccc2)cc1)NC(=O)[C@@H](N)CC(=O)OCc1ccccc1. The van der Waals surface area contributed by atoms with Crippen molar-refractivity contribution in [2.24, 2.45) is 5.73 Å². The third kappa shape index (κ3) is 14.2. The minimum Gasteiger partial charge on any atom is -0.467 e. The van der Waals surface area contributed by atoms with E-state index in [1.165, 1.54) is 12.1 Å². The fourth-order valence-corrected chi connectivity index (χ4v) is 5.14. The number of esters is 3. The van der Waals surface area contributed by atoms with Gasteiger partial charge < -0.3 is 35.3 Å². The lowest BCUT2D eigenvalue weighted by molar-refractivity contribution is -0.168. The van der Waals surface area contributed by atoms with Gasteiger partial charge in [0, 0.05) is 13.0 Å². The second kappa shape index (κ2) is 22.1. The topological polar surface area (TPSA) is 172 Å². The van der Waals surface area contributed by atoms with Gasteiger partial charge in [0.05, 0.1) is 12.5 Å². The van der Waals surface area contributed by atoms with E-state index in [1.807, 2.05) is 49.4 Å². The molecule has 0 radical (unpaired) electrons. The van der Waals surface area contributed by atoms with Crippen molar-refractivity contribution in [1.29, 1.82) is 0 Å². The number of carbonyl (C=O) groups excluding carboxylic acids is 5. The summed E-state index contributed by atoms with van der Waals surface area (Å²) in [6, 6.07) is 31.2. The molecule has 12 nitrogen and oxygen atoms in total. The van der Waals surface area contributed by atoms with Crippen LogP contribution in [0.4, 0.5) is 0 Å². The molecule has 4 rings (SSSR count). The highest BCUT2D eigenvalue weighted by atomic mass is 16.6. The highest BCUT2D eigenvalue weighted by Gasteiger charge is 2.33. The van der Waals surface area contributed by atoms with Gasteiger partial charge in [0.2, 0.25) is 11.8 Å². The summed E-state index contributed by atoms with van der Waals surface area (Å²) < 4.78 is 21.9. The molecule has 4 aromatic carbocycles. The first-order chi connectivity index (χ1) is 26.2. The van der Waals surface area contributed by atoms with Gasteiger partial charge in [-0.3, -0.25) is 14.4 Å². The number of nitrogens with two attached hydrogens (primary N) is 1. The van der Waals surface area contributed by atoms with Crippen molar-refractivity contribution in [2.45, 2.75) is 77.0 Å². The molecule has 0 spiro atoms. The molecular weight excluding hydrogens is 690 g/mol. The summed E-state index contributed by atoms with van der Waals surface area (Å²) in [7, 11) is 0. The molecule has 0 aliphatic rings. The number of hydrogen-bond donors (Lipinski definition) is 3. The number of hydrogen-bond acceptors (Lipinski definition) is 10. The second-order valence-corrected chi connectivity index (χ2v) is 12.5. The zero-order valence-corrected chi connectivity index (χ0v) is 30.3. The molecule has 0 aliphatic carbocycles. The van der Waals surface area contributed by atoms with Crippen LogP contribution in [0.1, 0.15) is 54.9 Å². The van der Waals surface area contributed by atoms with Crippen LogP contribution < -0.4 is 21.1 Å². The Kier molecular flexibility index (Phi) is 16.7. The summed E-state index contributed by atoms with van der Waals surface area (Å²) in [5.41, 5.74) is 8.93. The maximum atomic E-state index is 13.3. The van der Waals surface area contributed by atoms with Crippen LogP contribution in [-0.2, 0) is 64.4 Å². The van der Waals surface area contributed by atoms with E-state index in [4.69, 9.17) is 24.7 Å². The van der Waals surface area contributed by atoms with Gasteiger partial charge in [0.25, 0.3) is 6.10 Å². The normalized spacial score (nSPS) is 11.8. The van der Waals surface area contributed by atoms with Gasteiger partial charge in [-0.05, 0) is 40.8 Å². The molecule has 54 heavy (non-hydrogen) atoms. The van der Waals surface area contributed by atoms with E-state index in [0.717, 1.165) is 36.0 Å². The van der Waals surface area contributed by atoms with Crippen LogP contribution in [0.5, 0.6) is 5.75 Å². The van der Waals surface area contributed by atoms with E-state index in [2.05, 4.69) is 10.6 Å². The van der Waals surface area contributed by atoms with E-state index in [0.29, 0.717) is 12.1 Å². The van der Waals surface area contributed by atoms with Crippen LogP contribution in [0.15, 0.2) is 115 Å². The lowest BCUT2D eigenvalue weighted by Crippen LogP contribution is -2.53. The third-order valence-electron chi connectivity index (χ3n) is 8.17. The average Bonchev–Trinajstić information content (AvgIpc) is 3.20. The Labute approximate surface area is 315 Å². The monoisotopic (exact) mass is 737 g/mol. The first-order valence-electron chi connectivity index (χ1n) is 17.9. The zero-order chi connectivity index (χ0) is 38.5. The fraction of sp³-hybridized carbons (Fsp3) is 0.310. The molecule has 2 amide bonds. The average molecular weight is 738 g/mol. The third-order valence-corrected chi connectivity index (χ3v) is 8.17. The van der Waals surface area contributed by atoms with Crippen LogP contribution in [0.25, 0.3) is 0 Å². The van der Waals surface area contributed by atoms with Crippen molar-refractivity contribution in [3.05, 3.63) is 138 Å². The van der Waals surface area contributed by atoms with Crippen LogP contribution in [0.2, 0.25) is 0 Å². The molecule has 12 heteroatoms. The first-order valence-corrected chi connectivity index (χ1v) is 17.9. The molecular formula is C42H47N3O9. The number of unbranched alkanes of at least 4 members (excludes halogenated alkanes) is 2. The Hall–Kier alpha value is -6.01. The van der Waals surface area contributed by atoms with Crippen molar-refractivity contribution >= 4 is 29.7 Å². The maximum Gasteiger partial charge on any atom is 0.359 e. The van der Waals surface area contributed by atoms with Crippen LogP contribution in [-0.4, -0.2) is 54.5 Å². The van der Waals surface area contributed by atoms with Crippen LogP contribution in [0.3, 0.4) is 0 Å². The summed E-state index contributed by atoms with van der Waals surface area (Å²) in [4.78, 5) is 65.0. The van der Waals surface area contributed by atoms with E-state index in [-0.39, 0.29) is 38.4 Å². The number of amides is 2. The Morgan fingerprint density at radius 2 is 1.11 bits per heavy atom. The highest BCUT2D eigenvalue weighted by molar-refractivity contribution is 5.98. The number of benzene rings is 4. The predicted molar refractivity (Wildman–Crippen MR) is 200 cm³/mol. The van der Waals surface area contributed by atoms with E-state index >= 15 is 0 Å². The molecule has 4 N–H and O–H groups in total. The summed E-state index contributed by atoms with van der Waals surface area (Å²) in [6.07, 6.45) is 0.636. The Bertz CT molecular complexity index is 1720. The zero-order valence-electron chi connectivity index (χ0n) is 30.3. The van der Waals surface area contributed by atoms with E-state index in [1.54, 1.807) is 60.7 Å². The molecule has 0 bridgehead atoms. The standard InChI is InChI=1S/C42H47N3O9/c1-2-3-13-24-44-40(48)36(45-39(47)35(43)26-37(46)51-27-31-14-7-4-8-15-31)25-30-20-22-34(23-21-30)54-38(41(49)52-28-32-16-9-5-10-17-32)42(50)53-29-33-18-11-6-12-19-33/h4-12,14-23,35-36,38H,2-3,13,24-29,43H2,1H3,(H,44,48)(H,45,47)/t35-,36-/m0/s1. The lowest BCUT2D eigenvalue weighted by atomic mass is 10.0.